The van der Waals surface area contributed by atoms with Crippen molar-refractivity contribution >= 4 is 29.1 Å². The Morgan fingerprint density at radius 3 is 2.78 bits per heavy atom. The lowest BCUT2D eigenvalue weighted by Crippen LogP contribution is -2.15. The molecule has 27 heavy (non-hydrogen) atoms. The van der Waals surface area contributed by atoms with Gasteiger partial charge in [-0.3, -0.25) is 4.79 Å². The molecule has 1 heterocycles. The van der Waals surface area contributed by atoms with Gasteiger partial charge in [-0.15, -0.1) is 10.2 Å². The molecule has 0 aliphatic heterocycles. The number of ether oxygens (including phenoxy) is 1. The van der Waals surface area contributed by atoms with E-state index in [2.05, 4.69) is 10.2 Å². The highest BCUT2D eigenvalue weighted by atomic mass is 35.5. The van der Waals surface area contributed by atoms with Crippen molar-refractivity contribution in [2.75, 3.05) is 0 Å². The lowest BCUT2D eigenvalue weighted by Gasteiger charge is -2.10. The van der Waals surface area contributed by atoms with Crippen LogP contribution < -0.4 is 4.74 Å². The predicted octanol–water partition coefficient (Wildman–Crippen LogP) is 5.28. The molecule has 1 atom stereocenters. The van der Waals surface area contributed by atoms with E-state index in [1.807, 2.05) is 51.1 Å². The molecule has 0 saturated carbocycles. The highest BCUT2D eigenvalue weighted by Crippen LogP contribution is 2.27. The molecule has 5 nitrogen and oxygen atoms in total. The Morgan fingerprint density at radius 2 is 2.00 bits per heavy atom. The largest absolute Gasteiger partial charge is 0.482 e. The summed E-state index contributed by atoms with van der Waals surface area (Å²) in [6, 6.07) is 13.0. The molecule has 0 spiro atoms. The minimum Gasteiger partial charge on any atom is -0.482 e. The Balaban J connectivity index is 1.62. The molecule has 140 valence electrons. The average Bonchev–Trinajstić information content (AvgIpc) is 3.09. The molecule has 3 rings (SSSR count). The molecule has 0 N–H and O–H groups in total. The molecule has 3 aromatic rings. The molecule has 2 aromatic carbocycles. The van der Waals surface area contributed by atoms with Crippen LogP contribution >= 0.6 is 23.4 Å². The lowest BCUT2D eigenvalue weighted by molar-refractivity contribution is 0.0993. The van der Waals surface area contributed by atoms with Crippen LogP contribution in [0, 0.1) is 13.8 Å². The van der Waals surface area contributed by atoms with Gasteiger partial charge in [-0.25, -0.2) is 0 Å². The number of halogens is 1. The van der Waals surface area contributed by atoms with Crippen LogP contribution in [0.15, 0.2) is 52.1 Å². The van der Waals surface area contributed by atoms with Gasteiger partial charge < -0.3 is 9.15 Å². The molecule has 0 radical (unpaired) electrons. The Kier molecular flexibility index (Phi) is 6.19. The Morgan fingerprint density at radius 1 is 1.22 bits per heavy atom. The summed E-state index contributed by atoms with van der Waals surface area (Å²) in [5, 5.41) is 8.45. The Bertz CT molecular complexity index is 958. The van der Waals surface area contributed by atoms with Gasteiger partial charge in [0.25, 0.3) is 11.1 Å². The Hall–Kier alpha value is -2.31. The second-order valence-corrected chi connectivity index (χ2v) is 7.82. The van der Waals surface area contributed by atoms with Crippen molar-refractivity contribution in [3.05, 3.63) is 70.1 Å². The summed E-state index contributed by atoms with van der Waals surface area (Å²) < 4.78 is 11.2. The van der Waals surface area contributed by atoms with Gasteiger partial charge in [0.05, 0.1) is 10.3 Å². The first-order chi connectivity index (χ1) is 12.9. The van der Waals surface area contributed by atoms with Crippen molar-refractivity contribution in [3.8, 4) is 5.75 Å². The number of carbonyl (C=O) groups excluding carboxylic acids is 1. The van der Waals surface area contributed by atoms with E-state index in [4.69, 9.17) is 20.8 Å². The van der Waals surface area contributed by atoms with Crippen LogP contribution in [0.25, 0.3) is 0 Å². The first-order valence-electron chi connectivity index (χ1n) is 8.42. The second-order valence-electron chi connectivity index (χ2n) is 6.12. The second kappa shape index (κ2) is 8.59. The summed E-state index contributed by atoms with van der Waals surface area (Å²) in [6.07, 6.45) is 0. The molecule has 0 amide bonds. The van der Waals surface area contributed by atoms with Crippen LogP contribution in [0.4, 0.5) is 0 Å². The number of ketones is 1. The highest BCUT2D eigenvalue weighted by Gasteiger charge is 2.21. The van der Waals surface area contributed by atoms with Crippen molar-refractivity contribution in [3.63, 3.8) is 0 Å². The Labute approximate surface area is 167 Å². The third kappa shape index (κ3) is 4.90. The molecule has 0 fully saturated rings. The van der Waals surface area contributed by atoms with Crippen LogP contribution in [-0.4, -0.2) is 21.2 Å². The summed E-state index contributed by atoms with van der Waals surface area (Å²) >= 11 is 7.28. The maximum Gasteiger partial charge on any atom is 0.277 e. The summed E-state index contributed by atoms with van der Waals surface area (Å²) in [7, 11) is 0. The minimum absolute atomic E-state index is 0.0354. The van der Waals surface area contributed by atoms with Crippen molar-refractivity contribution in [1.29, 1.82) is 0 Å². The molecular formula is C20H19ClN2O3S. The molecule has 0 aliphatic rings. The molecule has 1 aromatic heterocycles. The van der Waals surface area contributed by atoms with Crippen molar-refractivity contribution in [2.24, 2.45) is 0 Å². The number of hydrogen-bond acceptors (Lipinski definition) is 6. The van der Waals surface area contributed by atoms with E-state index >= 15 is 0 Å². The topological polar surface area (TPSA) is 65.2 Å². The standard InChI is InChI=1S/C20H19ClN2O3S/c1-12-8-9-13(2)15(10-12)19(24)14(3)27-20-23-22-18(26-20)11-25-17-7-5-4-6-16(17)21/h4-10,14H,11H2,1-3H3. The number of para-hydroxylation sites is 1. The molecule has 1 unspecified atom stereocenters. The zero-order valence-corrected chi connectivity index (χ0v) is 16.8. The lowest BCUT2D eigenvalue weighted by atomic mass is 10.0. The number of nitrogens with zero attached hydrogens (tertiary/aromatic N) is 2. The van der Waals surface area contributed by atoms with E-state index in [1.54, 1.807) is 12.1 Å². The number of benzene rings is 2. The quantitative estimate of drug-likeness (QED) is 0.395. The summed E-state index contributed by atoms with van der Waals surface area (Å²) in [5.74, 6) is 0.905. The molecule has 0 saturated heterocycles. The zero-order chi connectivity index (χ0) is 19.4. The minimum atomic E-state index is -0.344. The van der Waals surface area contributed by atoms with Crippen LogP contribution in [0.1, 0.15) is 34.3 Å². The van der Waals surface area contributed by atoms with Gasteiger partial charge in [0, 0.05) is 5.56 Å². The molecular weight excluding hydrogens is 384 g/mol. The fourth-order valence-corrected chi connectivity index (χ4v) is 3.43. The normalized spacial score (nSPS) is 12.0. The number of rotatable bonds is 7. The van der Waals surface area contributed by atoms with E-state index in [-0.39, 0.29) is 17.6 Å². The molecule has 7 heteroatoms. The van der Waals surface area contributed by atoms with Crippen molar-refractivity contribution in [1.82, 2.24) is 10.2 Å². The summed E-state index contributed by atoms with van der Waals surface area (Å²) in [6.45, 7) is 5.84. The monoisotopic (exact) mass is 402 g/mol. The van der Waals surface area contributed by atoms with Crippen molar-refractivity contribution < 1.29 is 13.9 Å². The smallest absolute Gasteiger partial charge is 0.277 e. The van der Waals surface area contributed by atoms with Gasteiger partial charge in [0.2, 0.25) is 0 Å². The van der Waals surface area contributed by atoms with E-state index in [1.165, 1.54) is 11.8 Å². The fourth-order valence-electron chi connectivity index (χ4n) is 2.47. The number of aromatic nitrogens is 2. The van der Waals surface area contributed by atoms with Gasteiger partial charge in [0.15, 0.2) is 12.4 Å². The third-order valence-corrected chi connectivity index (χ3v) is 5.19. The molecule has 0 bridgehead atoms. The predicted molar refractivity (Wildman–Crippen MR) is 106 cm³/mol. The first-order valence-corrected chi connectivity index (χ1v) is 9.67. The molecule has 0 aliphatic carbocycles. The van der Waals surface area contributed by atoms with Crippen molar-refractivity contribution in [2.45, 2.75) is 37.9 Å². The van der Waals surface area contributed by atoms with Crippen LogP contribution in [0.2, 0.25) is 5.02 Å². The summed E-state index contributed by atoms with van der Waals surface area (Å²) in [5.41, 5.74) is 2.73. The maximum atomic E-state index is 12.7. The fraction of sp³-hybridized carbons (Fsp3) is 0.250. The number of Topliss-reactive ketones (excluding diaryl/α,β-unsaturated/α-hetero) is 1. The number of carbonyl (C=O) groups is 1. The highest BCUT2D eigenvalue weighted by molar-refractivity contribution is 8.00. The van der Waals surface area contributed by atoms with E-state index in [0.29, 0.717) is 21.9 Å². The maximum absolute atomic E-state index is 12.7. The number of hydrogen-bond donors (Lipinski definition) is 0. The van der Waals surface area contributed by atoms with Gasteiger partial charge in [-0.1, -0.05) is 53.2 Å². The van der Waals surface area contributed by atoms with E-state index < -0.39 is 0 Å². The summed E-state index contributed by atoms with van der Waals surface area (Å²) in [4.78, 5) is 12.7. The number of thioether (sulfide) groups is 1. The van der Waals surface area contributed by atoms with E-state index in [9.17, 15) is 4.79 Å². The van der Waals surface area contributed by atoms with Crippen LogP contribution in [0.5, 0.6) is 5.75 Å². The van der Waals surface area contributed by atoms with Gasteiger partial charge in [-0.2, -0.15) is 0 Å². The first kappa shape index (κ1) is 19.5. The number of aryl methyl sites for hydroxylation is 2. The van der Waals surface area contributed by atoms with Gasteiger partial charge >= 0.3 is 0 Å². The SMILES string of the molecule is Cc1ccc(C)c(C(=O)C(C)Sc2nnc(COc3ccccc3Cl)o2)c1. The average molecular weight is 403 g/mol. The van der Waals surface area contributed by atoms with Gasteiger partial charge in [0.1, 0.15) is 5.75 Å². The van der Waals surface area contributed by atoms with Gasteiger partial charge in [-0.05, 0) is 44.5 Å². The van der Waals surface area contributed by atoms with Crippen LogP contribution in [0.3, 0.4) is 0 Å². The third-order valence-electron chi connectivity index (χ3n) is 3.94. The van der Waals surface area contributed by atoms with E-state index in [0.717, 1.165) is 16.7 Å². The van der Waals surface area contributed by atoms with Crippen LogP contribution in [-0.2, 0) is 6.61 Å². The zero-order valence-electron chi connectivity index (χ0n) is 15.2.